The standard InChI is InChI=1S/C66H50N2/c1-65(2)59-39-48(47-29-37-64-58(38-47)55-22-14-15-23-63(55)68(64)49-20-12-7-13-21-49)28-35-53(59)56-41-62-57(42-61(56)65)54-36-34-52(40-60(54)66(62,3)4)67(50-30-24-45(25-31-50)43-16-8-5-9-17-43)51-32-26-46(27-33-51)44-18-10-6-11-19-44/h5-42H,1-4H3. The molecule has 2 nitrogen and oxygen atoms in total. The van der Waals surface area contributed by atoms with Crippen LogP contribution in [0.1, 0.15) is 49.9 Å². The van der Waals surface area contributed by atoms with Gasteiger partial charge in [0.1, 0.15) is 0 Å². The second-order valence-electron chi connectivity index (χ2n) is 19.8. The predicted octanol–water partition coefficient (Wildman–Crippen LogP) is 17.9. The Kier molecular flexibility index (Phi) is 8.95. The van der Waals surface area contributed by atoms with Crippen molar-refractivity contribution in [2.75, 3.05) is 4.90 Å². The van der Waals surface area contributed by atoms with E-state index in [1.807, 2.05) is 0 Å². The van der Waals surface area contributed by atoms with Crippen molar-refractivity contribution >= 4 is 38.9 Å². The van der Waals surface area contributed by atoms with Crippen LogP contribution in [0.2, 0.25) is 0 Å². The van der Waals surface area contributed by atoms with Crippen molar-refractivity contribution in [1.29, 1.82) is 0 Å². The second kappa shape index (κ2) is 15.2. The molecule has 11 aromatic rings. The Morgan fingerprint density at radius 1 is 0.294 bits per heavy atom. The fraction of sp³-hybridized carbons (Fsp3) is 0.0909. The Bertz CT molecular complexity index is 3660. The topological polar surface area (TPSA) is 8.17 Å². The van der Waals surface area contributed by atoms with Crippen molar-refractivity contribution in [1.82, 2.24) is 4.57 Å². The summed E-state index contributed by atoms with van der Waals surface area (Å²) in [7, 11) is 0. The van der Waals surface area contributed by atoms with Gasteiger partial charge in [-0.05, 0) is 163 Å². The largest absolute Gasteiger partial charge is 0.310 e. The SMILES string of the molecule is CC1(C)c2cc(-c3ccc4c(c3)c3ccccc3n4-c3ccccc3)ccc2-c2cc3c(cc21)-c1ccc(N(c2ccc(-c4ccccc4)cc2)c2ccc(-c4ccccc4)cc2)cc1C3(C)C. The molecule has 0 N–H and O–H groups in total. The predicted molar refractivity (Wildman–Crippen MR) is 287 cm³/mol. The molecule has 13 rings (SSSR count). The van der Waals surface area contributed by atoms with Gasteiger partial charge in [-0.1, -0.05) is 173 Å². The molecule has 0 unspecified atom stereocenters. The fourth-order valence-corrected chi connectivity index (χ4v) is 11.6. The van der Waals surface area contributed by atoms with Crippen LogP contribution in [0.15, 0.2) is 231 Å². The van der Waals surface area contributed by atoms with Gasteiger partial charge >= 0.3 is 0 Å². The van der Waals surface area contributed by atoms with Gasteiger partial charge in [0, 0.05) is 44.4 Å². The zero-order valence-electron chi connectivity index (χ0n) is 38.8. The van der Waals surface area contributed by atoms with Crippen molar-refractivity contribution in [3.05, 3.63) is 253 Å². The number of rotatable bonds is 7. The summed E-state index contributed by atoms with van der Waals surface area (Å²) in [6.07, 6.45) is 0. The molecule has 68 heavy (non-hydrogen) atoms. The normalized spacial score (nSPS) is 13.8. The Balaban J connectivity index is 0.874. The van der Waals surface area contributed by atoms with Gasteiger partial charge in [0.25, 0.3) is 0 Å². The summed E-state index contributed by atoms with van der Waals surface area (Å²) < 4.78 is 2.39. The Labute approximate surface area is 399 Å². The van der Waals surface area contributed by atoms with E-state index in [-0.39, 0.29) is 10.8 Å². The molecule has 0 saturated carbocycles. The minimum Gasteiger partial charge on any atom is -0.310 e. The monoisotopic (exact) mass is 870 g/mol. The highest BCUT2D eigenvalue weighted by Crippen LogP contribution is 2.57. The first-order chi connectivity index (χ1) is 33.2. The van der Waals surface area contributed by atoms with Crippen LogP contribution in [-0.2, 0) is 10.8 Å². The first-order valence-corrected chi connectivity index (χ1v) is 23.9. The molecule has 2 aliphatic rings. The smallest absolute Gasteiger partial charge is 0.0541 e. The molecule has 0 radical (unpaired) electrons. The molecule has 0 saturated heterocycles. The summed E-state index contributed by atoms with van der Waals surface area (Å²) in [5.74, 6) is 0. The van der Waals surface area contributed by atoms with Gasteiger partial charge in [0.05, 0.1) is 11.0 Å². The molecule has 1 aromatic heterocycles. The van der Waals surface area contributed by atoms with Gasteiger partial charge in [-0.15, -0.1) is 0 Å². The van der Waals surface area contributed by atoms with Gasteiger partial charge in [0.15, 0.2) is 0 Å². The van der Waals surface area contributed by atoms with Crippen LogP contribution < -0.4 is 4.90 Å². The molecule has 2 aliphatic carbocycles. The lowest BCUT2D eigenvalue weighted by atomic mass is 9.79. The maximum atomic E-state index is 2.53. The highest BCUT2D eigenvalue weighted by molar-refractivity contribution is 6.10. The van der Waals surface area contributed by atoms with E-state index < -0.39 is 0 Å². The first kappa shape index (κ1) is 40.1. The maximum absolute atomic E-state index is 2.53. The van der Waals surface area contributed by atoms with E-state index in [2.05, 4.69) is 268 Å². The Hall–Kier alpha value is -8.20. The van der Waals surface area contributed by atoms with E-state index in [9.17, 15) is 0 Å². The summed E-state index contributed by atoms with van der Waals surface area (Å²) in [5.41, 5.74) is 24.9. The van der Waals surface area contributed by atoms with Crippen LogP contribution in [0.5, 0.6) is 0 Å². The molecule has 0 fully saturated rings. The third kappa shape index (κ3) is 6.17. The Morgan fingerprint density at radius 3 is 1.29 bits per heavy atom. The molecule has 0 spiro atoms. The van der Waals surface area contributed by atoms with Gasteiger partial charge in [0.2, 0.25) is 0 Å². The van der Waals surface area contributed by atoms with Gasteiger partial charge in [-0.25, -0.2) is 0 Å². The van der Waals surface area contributed by atoms with Crippen molar-refractivity contribution in [3.8, 4) is 61.3 Å². The quantitative estimate of drug-likeness (QED) is 0.155. The number of benzene rings is 10. The number of para-hydroxylation sites is 2. The van der Waals surface area contributed by atoms with E-state index in [0.29, 0.717) is 0 Å². The molecule has 0 aliphatic heterocycles. The van der Waals surface area contributed by atoms with Crippen LogP contribution in [0.4, 0.5) is 17.1 Å². The average molecular weight is 871 g/mol. The molecule has 2 heteroatoms. The van der Waals surface area contributed by atoms with E-state index in [0.717, 1.165) is 17.1 Å². The summed E-state index contributed by atoms with van der Waals surface area (Å²) in [4.78, 5) is 2.42. The van der Waals surface area contributed by atoms with Gasteiger partial charge in [-0.3, -0.25) is 0 Å². The minimum absolute atomic E-state index is 0.176. The number of fused-ring (bicyclic) bond motifs is 9. The zero-order chi connectivity index (χ0) is 45.7. The Morgan fingerprint density at radius 2 is 0.706 bits per heavy atom. The zero-order valence-corrected chi connectivity index (χ0v) is 38.8. The van der Waals surface area contributed by atoms with E-state index in [4.69, 9.17) is 0 Å². The number of anilines is 3. The molecule has 1 heterocycles. The lowest BCUT2D eigenvalue weighted by molar-refractivity contribution is 0.652. The van der Waals surface area contributed by atoms with Crippen LogP contribution >= 0.6 is 0 Å². The number of hydrogen-bond acceptors (Lipinski definition) is 1. The minimum atomic E-state index is -0.211. The third-order valence-electron chi connectivity index (χ3n) is 15.2. The molecular weight excluding hydrogens is 821 g/mol. The highest BCUT2D eigenvalue weighted by atomic mass is 15.1. The van der Waals surface area contributed by atoms with Crippen molar-refractivity contribution < 1.29 is 0 Å². The van der Waals surface area contributed by atoms with Crippen molar-refractivity contribution in [2.45, 2.75) is 38.5 Å². The van der Waals surface area contributed by atoms with Crippen LogP contribution in [0.3, 0.4) is 0 Å². The van der Waals surface area contributed by atoms with Gasteiger partial charge in [-0.2, -0.15) is 0 Å². The second-order valence-corrected chi connectivity index (χ2v) is 19.8. The average Bonchev–Trinajstić information content (AvgIpc) is 3.92. The molecule has 10 aromatic carbocycles. The van der Waals surface area contributed by atoms with Crippen LogP contribution in [-0.4, -0.2) is 4.57 Å². The van der Waals surface area contributed by atoms with E-state index >= 15 is 0 Å². The molecular formula is C66H50N2. The third-order valence-corrected chi connectivity index (χ3v) is 15.2. The number of hydrogen-bond donors (Lipinski definition) is 0. The maximum Gasteiger partial charge on any atom is 0.0541 e. The number of nitrogens with zero attached hydrogens (tertiary/aromatic N) is 2. The van der Waals surface area contributed by atoms with E-state index in [1.54, 1.807) is 0 Å². The molecule has 324 valence electrons. The molecule has 0 bridgehead atoms. The molecule has 0 atom stereocenters. The fourth-order valence-electron chi connectivity index (χ4n) is 11.6. The summed E-state index contributed by atoms with van der Waals surface area (Å²) in [5, 5.41) is 2.55. The van der Waals surface area contributed by atoms with Crippen LogP contribution in [0, 0.1) is 0 Å². The lowest BCUT2D eigenvalue weighted by Crippen LogP contribution is -2.17. The van der Waals surface area contributed by atoms with Crippen molar-refractivity contribution in [3.63, 3.8) is 0 Å². The van der Waals surface area contributed by atoms with Crippen LogP contribution in [0.25, 0.3) is 83.1 Å². The van der Waals surface area contributed by atoms with E-state index in [1.165, 1.54) is 105 Å². The lowest BCUT2D eigenvalue weighted by Gasteiger charge is -2.28. The molecule has 0 amide bonds. The highest BCUT2D eigenvalue weighted by Gasteiger charge is 2.42. The summed E-state index contributed by atoms with van der Waals surface area (Å²) in [6, 6.07) is 85.3. The van der Waals surface area contributed by atoms with Gasteiger partial charge < -0.3 is 9.47 Å². The first-order valence-electron chi connectivity index (χ1n) is 23.9. The number of aromatic nitrogens is 1. The summed E-state index contributed by atoms with van der Waals surface area (Å²) >= 11 is 0. The summed E-state index contributed by atoms with van der Waals surface area (Å²) in [6.45, 7) is 9.66. The van der Waals surface area contributed by atoms with Crippen molar-refractivity contribution in [2.24, 2.45) is 0 Å².